The van der Waals surface area contributed by atoms with Crippen LogP contribution < -0.4 is 4.74 Å². The summed E-state index contributed by atoms with van der Waals surface area (Å²) in [6.07, 6.45) is 2.13. The van der Waals surface area contributed by atoms with Crippen molar-refractivity contribution in [3.05, 3.63) is 56.5 Å². The van der Waals surface area contributed by atoms with Gasteiger partial charge in [0.15, 0.2) is 11.6 Å². The molecule has 6 nitrogen and oxygen atoms in total. The van der Waals surface area contributed by atoms with Crippen LogP contribution in [0.1, 0.15) is 34.9 Å². The summed E-state index contributed by atoms with van der Waals surface area (Å²) in [5.41, 5.74) is 5.29. The van der Waals surface area contributed by atoms with Gasteiger partial charge in [-0.2, -0.15) is 0 Å². The fourth-order valence-electron chi connectivity index (χ4n) is 3.60. The fraction of sp³-hybridized carbons (Fsp3) is 0.400. The molecule has 0 amide bonds. The van der Waals surface area contributed by atoms with E-state index < -0.39 is 5.82 Å². The fourth-order valence-corrected chi connectivity index (χ4v) is 4.43. The zero-order chi connectivity index (χ0) is 23.8. The maximum absolute atomic E-state index is 14.9. The smallest absolute Gasteiger partial charge is 0.310 e. The van der Waals surface area contributed by atoms with E-state index in [9.17, 15) is 9.18 Å². The Morgan fingerprint density at radius 2 is 1.79 bits per heavy atom. The Kier molecular flexibility index (Phi) is 9.20. The number of fused-ring (bicyclic) bond motifs is 1. The number of halogens is 1. The van der Waals surface area contributed by atoms with Crippen LogP contribution in [0.5, 0.6) is 5.75 Å². The minimum Gasteiger partial charge on any atom is -0.488 e. The van der Waals surface area contributed by atoms with Gasteiger partial charge in [-0.05, 0) is 76.9 Å². The van der Waals surface area contributed by atoms with E-state index in [0.29, 0.717) is 13.2 Å². The molecule has 1 aromatic carbocycles. The summed E-state index contributed by atoms with van der Waals surface area (Å²) in [6, 6.07) is 5.19. The van der Waals surface area contributed by atoms with E-state index in [1.165, 1.54) is 18.7 Å². The van der Waals surface area contributed by atoms with Crippen LogP contribution in [0.2, 0.25) is 0 Å². The van der Waals surface area contributed by atoms with Crippen LogP contribution in [0.25, 0.3) is 17.2 Å². The summed E-state index contributed by atoms with van der Waals surface area (Å²) < 4.78 is 35.9. The van der Waals surface area contributed by atoms with Crippen molar-refractivity contribution in [2.45, 2.75) is 20.3 Å². The van der Waals surface area contributed by atoms with Gasteiger partial charge in [0.2, 0.25) is 0 Å². The summed E-state index contributed by atoms with van der Waals surface area (Å²) in [4.78, 5) is 13.1. The Hall–Kier alpha value is -2.52. The van der Waals surface area contributed by atoms with Crippen molar-refractivity contribution in [1.82, 2.24) is 0 Å². The van der Waals surface area contributed by atoms with Gasteiger partial charge < -0.3 is 24.1 Å². The maximum Gasteiger partial charge on any atom is 0.310 e. The highest BCUT2D eigenvalue weighted by molar-refractivity contribution is 7.11. The summed E-state index contributed by atoms with van der Waals surface area (Å²) in [6.45, 7) is 5.37. The second-order valence-corrected chi connectivity index (χ2v) is 8.51. The van der Waals surface area contributed by atoms with E-state index >= 15 is 0 Å². The van der Waals surface area contributed by atoms with Crippen LogP contribution in [-0.2, 0) is 19.0 Å². The Morgan fingerprint density at radius 3 is 2.45 bits per heavy atom. The molecule has 2 aromatic rings. The molecule has 1 N–H and O–H groups in total. The zero-order valence-corrected chi connectivity index (χ0v) is 19.9. The third-order valence-electron chi connectivity index (χ3n) is 5.22. The lowest BCUT2D eigenvalue weighted by Gasteiger charge is -2.12. The number of methoxy groups -OCH3 is 1. The van der Waals surface area contributed by atoms with E-state index in [1.807, 2.05) is 19.9 Å². The van der Waals surface area contributed by atoms with Crippen molar-refractivity contribution in [2.24, 2.45) is 0 Å². The molecule has 0 bridgehead atoms. The van der Waals surface area contributed by atoms with E-state index in [4.69, 9.17) is 24.1 Å². The van der Waals surface area contributed by atoms with Crippen LogP contribution >= 0.6 is 11.3 Å². The second kappa shape index (κ2) is 12.1. The van der Waals surface area contributed by atoms with Gasteiger partial charge >= 0.3 is 5.97 Å². The lowest BCUT2D eigenvalue weighted by molar-refractivity contribution is -0.139. The first-order chi connectivity index (χ1) is 15.9. The van der Waals surface area contributed by atoms with Gasteiger partial charge in [0, 0.05) is 4.88 Å². The molecule has 1 aliphatic rings. The number of allylic oxidation sites excluding steroid dienone is 2. The number of hydrogen-bond acceptors (Lipinski definition) is 7. The number of aliphatic hydroxyl groups is 1. The standard InChI is InChI=1S/C25H29FO6S/c1-16-10-18(33-15-16)11-19-17(2)20(14-25(28)29-3)22-13-24(23(26)12-21(19)22)32-9-8-31-7-6-30-5-4-27/h10-13,15,27H,4-9,14H2,1-3H3. The number of aryl methyl sites for hydroxylation is 1. The molecule has 1 aliphatic carbocycles. The minimum atomic E-state index is -0.472. The van der Waals surface area contributed by atoms with Crippen molar-refractivity contribution >= 4 is 34.5 Å². The Labute approximate surface area is 197 Å². The molecule has 3 rings (SSSR count). The lowest BCUT2D eigenvalue weighted by atomic mass is 10.0. The van der Waals surface area contributed by atoms with Gasteiger partial charge in [-0.3, -0.25) is 4.79 Å². The Morgan fingerprint density at radius 1 is 1.06 bits per heavy atom. The zero-order valence-electron chi connectivity index (χ0n) is 19.1. The average molecular weight is 477 g/mol. The maximum atomic E-state index is 14.9. The highest BCUT2D eigenvalue weighted by Crippen LogP contribution is 2.46. The highest BCUT2D eigenvalue weighted by Gasteiger charge is 2.28. The molecule has 1 heterocycles. The molecule has 0 aliphatic heterocycles. The lowest BCUT2D eigenvalue weighted by Crippen LogP contribution is -2.12. The molecule has 0 saturated carbocycles. The number of thiophene rings is 1. The topological polar surface area (TPSA) is 74.2 Å². The molecule has 0 atom stereocenters. The van der Waals surface area contributed by atoms with Crippen LogP contribution in [0.15, 0.2) is 29.2 Å². The Bertz CT molecular complexity index is 1040. The first-order valence-electron chi connectivity index (χ1n) is 10.7. The summed E-state index contributed by atoms with van der Waals surface area (Å²) >= 11 is 1.62. The predicted molar refractivity (Wildman–Crippen MR) is 127 cm³/mol. The van der Waals surface area contributed by atoms with Crippen molar-refractivity contribution < 1.29 is 33.2 Å². The second-order valence-electron chi connectivity index (χ2n) is 7.57. The van der Waals surface area contributed by atoms with E-state index in [1.54, 1.807) is 17.4 Å². The van der Waals surface area contributed by atoms with Gasteiger partial charge in [0.05, 0.1) is 46.6 Å². The average Bonchev–Trinajstić information content (AvgIpc) is 3.31. The molecule has 8 heteroatoms. The molecular formula is C25H29FO6S. The van der Waals surface area contributed by atoms with Crippen molar-refractivity contribution in [3.63, 3.8) is 0 Å². The van der Waals surface area contributed by atoms with Crippen LogP contribution in [0.3, 0.4) is 0 Å². The largest absolute Gasteiger partial charge is 0.488 e. The number of carbonyl (C=O) groups is 1. The quantitative estimate of drug-likeness (QED) is 0.359. The normalized spacial score (nSPS) is 14.2. The van der Waals surface area contributed by atoms with Gasteiger partial charge in [-0.25, -0.2) is 4.39 Å². The molecule has 0 unspecified atom stereocenters. The summed E-state index contributed by atoms with van der Waals surface area (Å²) in [7, 11) is 1.35. The SMILES string of the molecule is COC(=O)CC1=C(C)C(=Cc2cc(C)cs2)c2cc(F)c(OCCOCCOCCO)cc21. The van der Waals surface area contributed by atoms with E-state index in [0.717, 1.165) is 32.7 Å². The van der Waals surface area contributed by atoms with Gasteiger partial charge in [-0.15, -0.1) is 11.3 Å². The third-order valence-corrected chi connectivity index (χ3v) is 6.22. The number of rotatable bonds is 12. The van der Waals surface area contributed by atoms with Gasteiger partial charge in [-0.1, -0.05) is 0 Å². The number of carbonyl (C=O) groups excluding carboxylic acids is 1. The van der Waals surface area contributed by atoms with Crippen molar-refractivity contribution in [3.8, 4) is 5.75 Å². The monoisotopic (exact) mass is 476 g/mol. The molecule has 0 saturated heterocycles. The molecular weight excluding hydrogens is 447 g/mol. The minimum absolute atomic E-state index is 0.0313. The molecule has 0 radical (unpaired) electrons. The van der Waals surface area contributed by atoms with Gasteiger partial charge in [0.25, 0.3) is 0 Å². The number of aliphatic hydroxyl groups excluding tert-OH is 1. The molecule has 178 valence electrons. The van der Waals surface area contributed by atoms with E-state index in [2.05, 4.69) is 11.4 Å². The predicted octanol–water partition coefficient (Wildman–Crippen LogP) is 4.49. The first-order valence-corrected chi connectivity index (χ1v) is 11.6. The van der Waals surface area contributed by atoms with Gasteiger partial charge in [0.1, 0.15) is 6.61 Å². The van der Waals surface area contributed by atoms with Crippen molar-refractivity contribution in [2.75, 3.05) is 46.8 Å². The van der Waals surface area contributed by atoms with Crippen LogP contribution in [-0.4, -0.2) is 57.8 Å². The number of benzene rings is 1. The first kappa shape index (κ1) is 25.1. The summed E-state index contributed by atoms with van der Waals surface area (Å²) in [5.74, 6) is -0.718. The molecule has 1 aromatic heterocycles. The number of hydrogen-bond donors (Lipinski definition) is 1. The molecule has 0 spiro atoms. The molecule has 33 heavy (non-hydrogen) atoms. The van der Waals surface area contributed by atoms with Crippen LogP contribution in [0, 0.1) is 12.7 Å². The number of esters is 1. The number of ether oxygens (including phenoxy) is 4. The highest BCUT2D eigenvalue weighted by atomic mass is 32.1. The van der Waals surface area contributed by atoms with E-state index in [-0.39, 0.29) is 44.6 Å². The summed E-state index contributed by atoms with van der Waals surface area (Å²) in [5, 5.41) is 10.7. The Balaban J connectivity index is 1.79. The third kappa shape index (κ3) is 6.51. The van der Waals surface area contributed by atoms with Crippen molar-refractivity contribution in [1.29, 1.82) is 0 Å². The molecule has 0 fully saturated rings. The van der Waals surface area contributed by atoms with Crippen LogP contribution in [0.4, 0.5) is 4.39 Å².